The smallest absolute Gasteiger partial charge is 0.0197 e. The second-order valence-electron chi connectivity index (χ2n) is 5.44. The van der Waals surface area contributed by atoms with Gasteiger partial charge in [0, 0.05) is 18.6 Å². The fraction of sp³-hybridized carbons (Fsp3) is 1.00. The fourth-order valence-corrected chi connectivity index (χ4v) is 3.15. The Morgan fingerprint density at radius 1 is 1.33 bits per heavy atom. The van der Waals surface area contributed by atoms with E-state index < -0.39 is 0 Å². The number of hydrogen-bond donors (Lipinski definition) is 1. The van der Waals surface area contributed by atoms with Gasteiger partial charge in [-0.3, -0.25) is 4.90 Å². The third kappa shape index (κ3) is 2.94. The zero-order chi connectivity index (χ0) is 10.7. The minimum Gasteiger partial charge on any atom is -0.313 e. The molecule has 0 saturated carbocycles. The quantitative estimate of drug-likeness (QED) is 0.768. The number of nitrogens with one attached hydrogen (secondary N) is 1. The molecule has 2 nitrogen and oxygen atoms in total. The van der Waals surface area contributed by atoms with E-state index in [0.717, 1.165) is 18.0 Å². The Balaban J connectivity index is 1.78. The Bertz CT molecular complexity index is 193. The summed E-state index contributed by atoms with van der Waals surface area (Å²) in [6.45, 7) is 8.58. The average Bonchev–Trinajstić information content (AvgIpc) is 2.65. The third-order valence-corrected chi connectivity index (χ3v) is 4.33. The Morgan fingerprint density at radius 3 is 2.87 bits per heavy atom. The minimum atomic E-state index is 0.768. The lowest BCUT2D eigenvalue weighted by molar-refractivity contribution is 0.195. The van der Waals surface area contributed by atoms with Gasteiger partial charge in [0.2, 0.25) is 0 Å². The summed E-state index contributed by atoms with van der Waals surface area (Å²) >= 11 is 0. The number of piperidine rings is 1. The SMILES string of the molecule is CCC1CCNC(CN2CCCC2C)C1. The first-order valence-electron chi connectivity index (χ1n) is 6.77. The molecule has 2 fully saturated rings. The minimum absolute atomic E-state index is 0.768. The first-order valence-corrected chi connectivity index (χ1v) is 6.77. The van der Waals surface area contributed by atoms with E-state index in [1.54, 1.807) is 0 Å². The molecular formula is C13H26N2. The lowest BCUT2D eigenvalue weighted by atomic mass is 9.90. The summed E-state index contributed by atoms with van der Waals surface area (Å²) in [6, 6.07) is 1.60. The van der Waals surface area contributed by atoms with Gasteiger partial charge >= 0.3 is 0 Å². The highest BCUT2D eigenvalue weighted by Crippen LogP contribution is 2.22. The van der Waals surface area contributed by atoms with Crippen molar-refractivity contribution in [2.75, 3.05) is 19.6 Å². The van der Waals surface area contributed by atoms with E-state index in [4.69, 9.17) is 0 Å². The highest BCUT2D eigenvalue weighted by Gasteiger charge is 2.26. The van der Waals surface area contributed by atoms with Crippen LogP contribution < -0.4 is 5.32 Å². The molecule has 0 aromatic carbocycles. The lowest BCUT2D eigenvalue weighted by Crippen LogP contribution is -2.46. The van der Waals surface area contributed by atoms with Crippen molar-refractivity contribution in [3.8, 4) is 0 Å². The topological polar surface area (TPSA) is 15.3 Å². The number of nitrogens with zero attached hydrogens (tertiary/aromatic N) is 1. The Kier molecular flexibility index (Phi) is 4.04. The van der Waals surface area contributed by atoms with Gasteiger partial charge < -0.3 is 5.32 Å². The van der Waals surface area contributed by atoms with Crippen molar-refractivity contribution in [2.24, 2.45) is 5.92 Å². The Labute approximate surface area is 94.4 Å². The van der Waals surface area contributed by atoms with Crippen LogP contribution in [-0.2, 0) is 0 Å². The average molecular weight is 210 g/mol. The van der Waals surface area contributed by atoms with Gasteiger partial charge in [-0.1, -0.05) is 13.3 Å². The predicted molar refractivity (Wildman–Crippen MR) is 65.1 cm³/mol. The molecule has 2 heteroatoms. The van der Waals surface area contributed by atoms with Crippen LogP contribution in [0.4, 0.5) is 0 Å². The largest absolute Gasteiger partial charge is 0.313 e. The molecule has 15 heavy (non-hydrogen) atoms. The molecule has 88 valence electrons. The first kappa shape index (κ1) is 11.4. The van der Waals surface area contributed by atoms with E-state index in [1.165, 1.54) is 51.7 Å². The maximum absolute atomic E-state index is 3.69. The molecule has 0 aromatic heterocycles. The summed E-state index contributed by atoms with van der Waals surface area (Å²) in [5.74, 6) is 0.981. The molecule has 2 heterocycles. The highest BCUT2D eigenvalue weighted by molar-refractivity contribution is 4.84. The molecule has 2 saturated heterocycles. The molecule has 0 radical (unpaired) electrons. The molecule has 3 atom stereocenters. The second-order valence-corrected chi connectivity index (χ2v) is 5.44. The lowest BCUT2D eigenvalue weighted by Gasteiger charge is -2.34. The molecular weight excluding hydrogens is 184 g/mol. The Morgan fingerprint density at radius 2 is 2.20 bits per heavy atom. The van der Waals surface area contributed by atoms with Crippen molar-refractivity contribution in [2.45, 2.75) is 58.0 Å². The molecule has 0 bridgehead atoms. The van der Waals surface area contributed by atoms with E-state index in [9.17, 15) is 0 Å². The third-order valence-electron chi connectivity index (χ3n) is 4.33. The van der Waals surface area contributed by atoms with Crippen LogP contribution in [0.15, 0.2) is 0 Å². The van der Waals surface area contributed by atoms with E-state index in [0.29, 0.717) is 0 Å². The summed E-state index contributed by atoms with van der Waals surface area (Å²) < 4.78 is 0. The predicted octanol–water partition coefficient (Wildman–Crippen LogP) is 2.25. The zero-order valence-electron chi connectivity index (χ0n) is 10.3. The van der Waals surface area contributed by atoms with Crippen LogP contribution in [0.1, 0.15) is 46.0 Å². The van der Waals surface area contributed by atoms with E-state index in [-0.39, 0.29) is 0 Å². The van der Waals surface area contributed by atoms with Crippen LogP contribution in [0.3, 0.4) is 0 Å². The number of hydrogen-bond acceptors (Lipinski definition) is 2. The number of rotatable bonds is 3. The molecule has 2 aliphatic rings. The summed E-state index contributed by atoms with van der Waals surface area (Å²) in [7, 11) is 0. The van der Waals surface area contributed by atoms with Gasteiger partial charge in [-0.15, -0.1) is 0 Å². The standard InChI is InChI=1S/C13H26N2/c1-3-12-6-7-14-13(9-12)10-15-8-4-5-11(15)2/h11-14H,3-10H2,1-2H3. The van der Waals surface area contributed by atoms with Gasteiger partial charge in [-0.2, -0.15) is 0 Å². The monoisotopic (exact) mass is 210 g/mol. The number of likely N-dealkylation sites (tertiary alicyclic amines) is 1. The normalized spacial score (nSPS) is 38.4. The fourth-order valence-electron chi connectivity index (χ4n) is 3.15. The van der Waals surface area contributed by atoms with Crippen LogP contribution in [0.2, 0.25) is 0 Å². The van der Waals surface area contributed by atoms with Crippen LogP contribution in [0.5, 0.6) is 0 Å². The van der Waals surface area contributed by atoms with Crippen molar-refractivity contribution < 1.29 is 0 Å². The Hall–Kier alpha value is -0.0800. The molecule has 1 N–H and O–H groups in total. The maximum Gasteiger partial charge on any atom is 0.0197 e. The van der Waals surface area contributed by atoms with Gasteiger partial charge in [0.25, 0.3) is 0 Å². The van der Waals surface area contributed by atoms with Crippen molar-refractivity contribution in [1.29, 1.82) is 0 Å². The van der Waals surface area contributed by atoms with Crippen LogP contribution >= 0.6 is 0 Å². The first-order chi connectivity index (χ1) is 7.29. The van der Waals surface area contributed by atoms with Crippen molar-refractivity contribution in [3.63, 3.8) is 0 Å². The van der Waals surface area contributed by atoms with Crippen LogP contribution in [-0.4, -0.2) is 36.6 Å². The summed E-state index contributed by atoms with van der Waals surface area (Å²) in [6.07, 6.45) is 6.98. The summed E-state index contributed by atoms with van der Waals surface area (Å²) in [4.78, 5) is 2.68. The molecule has 3 unspecified atom stereocenters. The van der Waals surface area contributed by atoms with Crippen molar-refractivity contribution in [3.05, 3.63) is 0 Å². The molecule has 0 amide bonds. The molecule has 0 spiro atoms. The van der Waals surface area contributed by atoms with E-state index in [1.807, 2.05) is 0 Å². The van der Waals surface area contributed by atoms with Gasteiger partial charge in [0.05, 0.1) is 0 Å². The van der Waals surface area contributed by atoms with Gasteiger partial charge in [0.1, 0.15) is 0 Å². The summed E-state index contributed by atoms with van der Waals surface area (Å²) in [5.41, 5.74) is 0. The molecule has 2 aliphatic heterocycles. The van der Waals surface area contributed by atoms with Crippen molar-refractivity contribution in [1.82, 2.24) is 10.2 Å². The van der Waals surface area contributed by atoms with E-state index in [2.05, 4.69) is 24.1 Å². The van der Waals surface area contributed by atoms with Gasteiger partial charge in [-0.05, 0) is 51.6 Å². The van der Waals surface area contributed by atoms with E-state index >= 15 is 0 Å². The zero-order valence-corrected chi connectivity index (χ0v) is 10.3. The van der Waals surface area contributed by atoms with Gasteiger partial charge in [0.15, 0.2) is 0 Å². The molecule has 0 aromatic rings. The van der Waals surface area contributed by atoms with Gasteiger partial charge in [-0.25, -0.2) is 0 Å². The molecule has 0 aliphatic carbocycles. The van der Waals surface area contributed by atoms with Crippen molar-refractivity contribution >= 4 is 0 Å². The highest BCUT2D eigenvalue weighted by atomic mass is 15.2. The second kappa shape index (κ2) is 5.31. The maximum atomic E-state index is 3.69. The molecule has 2 rings (SSSR count). The van der Waals surface area contributed by atoms with Crippen LogP contribution in [0.25, 0.3) is 0 Å². The van der Waals surface area contributed by atoms with Crippen LogP contribution in [0, 0.1) is 5.92 Å². The summed E-state index contributed by atoms with van der Waals surface area (Å²) in [5, 5.41) is 3.69.